The highest BCUT2D eigenvalue weighted by molar-refractivity contribution is 8.02. The third kappa shape index (κ3) is 4.67. The van der Waals surface area contributed by atoms with Crippen molar-refractivity contribution in [2.45, 2.75) is 68.6 Å². The molecule has 1 unspecified atom stereocenters. The minimum absolute atomic E-state index is 0.00581. The topological polar surface area (TPSA) is 75.2 Å². The van der Waals surface area contributed by atoms with E-state index in [1.807, 2.05) is 27.7 Å². The summed E-state index contributed by atoms with van der Waals surface area (Å²) in [6.07, 6.45) is 2.04. The normalized spacial score (nSPS) is 16.2. The van der Waals surface area contributed by atoms with Gasteiger partial charge in [-0.25, -0.2) is 0 Å². The van der Waals surface area contributed by atoms with Crippen molar-refractivity contribution in [3.63, 3.8) is 0 Å². The van der Waals surface area contributed by atoms with E-state index in [9.17, 15) is 9.59 Å². The first kappa shape index (κ1) is 17.2. The van der Waals surface area contributed by atoms with Crippen LogP contribution in [0.25, 0.3) is 0 Å². The minimum atomic E-state index is -0.258. The van der Waals surface area contributed by atoms with Crippen molar-refractivity contribution in [1.82, 2.24) is 15.5 Å². The lowest BCUT2D eigenvalue weighted by molar-refractivity contribution is -0.121. The van der Waals surface area contributed by atoms with Crippen LogP contribution in [0.2, 0.25) is 0 Å². The van der Waals surface area contributed by atoms with Crippen LogP contribution in [0.15, 0.2) is 4.34 Å². The molecule has 2 rings (SSSR count). The van der Waals surface area contributed by atoms with Crippen molar-refractivity contribution < 1.29 is 9.59 Å². The van der Waals surface area contributed by atoms with Crippen LogP contribution in [0.1, 0.15) is 47.5 Å². The van der Waals surface area contributed by atoms with Crippen LogP contribution in [-0.2, 0) is 9.59 Å². The molecule has 0 aliphatic heterocycles. The average molecular weight is 342 g/mol. The van der Waals surface area contributed by atoms with Gasteiger partial charge in [0.25, 0.3) is 0 Å². The second-order valence-corrected chi connectivity index (χ2v) is 9.01. The van der Waals surface area contributed by atoms with E-state index in [-0.39, 0.29) is 28.6 Å². The fraction of sp³-hybridized carbons (Fsp3) is 0.714. The molecule has 122 valence electrons. The summed E-state index contributed by atoms with van der Waals surface area (Å²) in [6.45, 7) is 9.24. The standard InChI is InChI=1S/C14H22N4O2S2/c1-8(11(20)15-14(3,4)5)21-13-17-16-12(22-13)18(9(2)19)10-6-7-10/h8,10H,6-7H2,1-5H3,(H,15,20). The summed E-state index contributed by atoms with van der Waals surface area (Å²) in [4.78, 5) is 25.5. The first-order chi connectivity index (χ1) is 10.2. The quantitative estimate of drug-likeness (QED) is 0.657. The Bertz CT molecular complexity index is 563. The van der Waals surface area contributed by atoms with Gasteiger partial charge in [0.15, 0.2) is 4.34 Å². The Morgan fingerprint density at radius 3 is 2.50 bits per heavy atom. The number of carbonyl (C=O) groups is 2. The Morgan fingerprint density at radius 1 is 1.36 bits per heavy atom. The predicted octanol–water partition coefficient (Wildman–Crippen LogP) is 2.45. The van der Waals surface area contributed by atoms with E-state index in [0.29, 0.717) is 9.47 Å². The second-order valence-electron chi connectivity index (χ2n) is 6.47. The second kappa shape index (κ2) is 6.54. The van der Waals surface area contributed by atoms with E-state index in [4.69, 9.17) is 0 Å². The van der Waals surface area contributed by atoms with Crippen molar-refractivity contribution in [2.24, 2.45) is 0 Å². The van der Waals surface area contributed by atoms with E-state index in [0.717, 1.165) is 12.8 Å². The zero-order valence-corrected chi connectivity index (χ0v) is 15.2. The van der Waals surface area contributed by atoms with E-state index in [2.05, 4.69) is 15.5 Å². The monoisotopic (exact) mass is 342 g/mol. The van der Waals surface area contributed by atoms with Crippen LogP contribution in [-0.4, -0.2) is 38.8 Å². The number of nitrogens with zero attached hydrogens (tertiary/aromatic N) is 3. The lowest BCUT2D eigenvalue weighted by Gasteiger charge is -2.22. The molecule has 8 heteroatoms. The highest BCUT2D eigenvalue weighted by Crippen LogP contribution is 2.36. The number of aromatic nitrogens is 2. The molecular formula is C14H22N4O2S2. The fourth-order valence-electron chi connectivity index (χ4n) is 1.90. The number of thioether (sulfide) groups is 1. The molecule has 2 amide bonds. The third-order valence-electron chi connectivity index (χ3n) is 3.00. The molecule has 1 aromatic heterocycles. The first-order valence-corrected chi connectivity index (χ1v) is 8.99. The maximum Gasteiger partial charge on any atom is 0.233 e. The number of anilines is 1. The number of rotatable bonds is 5. The van der Waals surface area contributed by atoms with Gasteiger partial charge in [0.05, 0.1) is 5.25 Å². The molecule has 1 aliphatic rings. The summed E-state index contributed by atoms with van der Waals surface area (Å²) in [6, 6.07) is 0.268. The molecular weight excluding hydrogens is 320 g/mol. The highest BCUT2D eigenvalue weighted by Gasteiger charge is 2.34. The molecule has 0 saturated heterocycles. The molecule has 1 atom stereocenters. The lowest BCUT2D eigenvalue weighted by atomic mass is 10.1. The van der Waals surface area contributed by atoms with Gasteiger partial charge in [0.2, 0.25) is 16.9 Å². The minimum Gasteiger partial charge on any atom is -0.351 e. The zero-order valence-electron chi connectivity index (χ0n) is 13.5. The summed E-state index contributed by atoms with van der Waals surface area (Å²) in [5.74, 6) is -0.0337. The lowest BCUT2D eigenvalue weighted by Crippen LogP contribution is -2.44. The molecule has 1 aromatic rings. The molecule has 1 saturated carbocycles. The Balaban J connectivity index is 1.99. The molecule has 1 aliphatic carbocycles. The summed E-state index contributed by atoms with van der Waals surface area (Å²) in [5, 5.41) is 11.5. The number of amides is 2. The van der Waals surface area contributed by atoms with Crippen LogP contribution in [0, 0.1) is 0 Å². The molecule has 1 N–H and O–H groups in total. The highest BCUT2D eigenvalue weighted by atomic mass is 32.2. The predicted molar refractivity (Wildman–Crippen MR) is 89.3 cm³/mol. The van der Waals surface area contributed by atoms with Gasteiger partial charge in [-0.1, -0.05) is 23.1 Å². The number of carbonyl (C=O) groups excluding carboxylic acids is 2. The van der Waals surface area contributed by atoms with Crippen molar-refractivity contribution in [1.29, 1.82) is 0 Å². The van der Waals surface area contributed by atoms with Crippen LogP contribution in [0.3, 0.4) is 0 Å². The molecule has 0 bridgehead atoms. The maximum atomic E-state index is 12.1. The van der Waals surface area contributed by atoms with Crippen LogP contribution >= 0.6 is 23.1 Å². The van der Waals surface area contributed by atoms with Crippen molar-refractivity contribution >= 4 is 40.0 Å². The Kier molecular flexibility index (Phi) is 5.11. The number of nitrogens with one attached hydrogen (secondary N) is 1. The first-order valence-electron chi connectivity index (χ1n) is 7.29. The molecule has 22 heavy (non-hydrogen) atoms. The van der Waals surface area contributed by atoms with Gasteiger partial charge in [0.1, 0.15) is 0 Å². The van der Waals surface area contributed by atoms with E-state index in [1.54, 1.807) is 11.8 Å². The molecule has 0 radical (unpaired) electrons. The van der Waals surface area contributed by atoms with Gasteiger partial charge in [0, 0.05) is 18.5 Å². The van der Waals surface area contributed by atoms with E-state index < -0.39 is 0 Å². The van der Waals surface area contributed by atoms with Crippen molar-refractivity contribution in [2.75, 3.05) is 4.90 Å². The fourth-order valence-corrected chi connectivity index (χ4v) is 4.01. The molecule has 1 heterocycles. The Labute approximate surface area is 139 Å². The van der Waals surface area contributed by atoms with E-state index in [1.165, 1.54) is 23.1 Å². The van der Waals surface area contributed by atoms with Crippen molar-refractivity contribution in [3.05, 3.63) is 0 Å². The van der Waals surface area contributed by atoms with Crippen molar-refractivity contribution in [3.8, 4) is 0 Å². The van der Waals surface area contributed by atoms with Gasteiger partial charge in [-0.05, 0) is 40.5 Å². The number of hydrogen-bond donors (Lipinski definition) is 1. The van der Waals surface area contributed by atoms with Crippen LogP contribution < -0.4 is 10.2 Å². The summed E-state index contributed by atoms with van der Waals surface area (Å²) < 4.78 is 0.707. The van der Waals surface area contributed by atoms with Crippen LogP contribution in [0.5, 0.6) is 0 Å². The Hall–Kier alpha value is -1.15. The van der Waals surface area contributed by atoms with Gasteiger partial charge >= 0.3 is 0 Å². The van der Waals surface area contributed by atoms with Crippen LogP contribution in [0.4, 0.5) is 5.13 Å². The SMILES string of the molecule is CC(=O)N(c1nnc(SC(C)C(=O)NC(C)(C)C)s1)C1CC1. The third-order valence-corrected chi connectivity index (χ3v) is 5.10. The molecule has 6 nitrogen and oxygen atoms in total. The zero-order chi connectivity index (χ0) is 16.5. The molecule has 0 aromatic carbocycles. The van der Waals surface area contributed by atoms with Gasteiger partial charge < -0.3 is 5.32 Å². The largest absolute Gasteiger partial charge is 0.351 e. The number of hydrogen-bond acceptors (Lipinski definition) is 6. The Morgan fingerprint density at radius 2 is 2.00 bits per heavy atom. The maximum absolute atomic E-state index is 12.1. The summed E-state index contributed by atoms with van der Waals surface area (Å²) in [7, 11) is 0. The molecule has 1 fully saturated rings. The molecule has 0 spiro atoms. The smallest absolute Gasteiger partial charge is 0.233 e. The summed E-state index contributed by atoms with van der Waals surface area (Å²) in [5.41, 5.74) is -0.254. The van der Waals surface area contributed by atoms with Gasteiger partial charge in [-0.2, -0.15) is 0 Å². The van der Waals surface area contributed by atoms with Gasteiger partial charge in [-0.3, -0.25) is 14.5 Å². The summed E-state index contributed by atoms with van der Waals surface area (Å²) >= 11 is 2.74. The van der Waals surface area contributed by atoms with Gasteiger partial charge in [-0.15, -0.1) is 10.2 Å². The van der Waals surface area contributed by atoms with E-state index >= 15 is 0 Å². The average Bonchev–Trinajstić information content (AvgIpc) is 3.07.